The lowest BCUT2D eigenvalue weighted by Gasteiger charge is -2.60. The molecule has 5 rings (SSSR count). The predicted octanol–water partition coefficient (Wildman–Crippen LogP) is 4.15. The summed E-state index contributed by atoms with van der Waals surface area (Å²) in [6.45, 7) is 5.72. The fourth-order valence-electron chi connectivity index (χ4n) is 4.64. The van der Waals surface area contributed by atoms with Crippen molar-refractivity contribution >= 4 is 27.5 Å². The summed E-state index contributed by atoms with van der Waals surface area (Å²) in [5.41, 5.74) is 1.49. The maximum absolute atomic E-state index is 12.3. The molecule has 3 atom stereocenters. The number of aromatic nitrogens is 2. The monoisotopic (exact) mass is 381 g/mol. The molecule has 1 amide bonds. The molecular formula is C20H23N5OS. The minimum atomic E-state index is -0.253. The summed E-state index contributed by atoms with van der Waals surface area (Å²) in [6, 6.07) is 8.54. The van der Waals surface area contributed by atoms with Crippen molar-refractivity contribution in [3.63, 3.8) is 0 Å². The number of amides is 1. The zero-order valence-corrected chi connectivity index (χ0v) is 16.3. The van der Waals surface area contributed by atoms with E-state index in [1.54, 1.807) is 24.3 Å². The molecule has 140 valence electrons. The van der Waals surface area contributed by atoms with E-state index in [0.717, 1.165) is 23.5 Å². The van der Waals surface area contributed by atoms with Gasteiger partial charge in [0.1, 0.15) is 0 Å². The first-order chi connectivity index (χ1) is 13.0. The van der Waals surface area contributed by atoms with Gasteiger partial charge in [-0.05, 0) is 66.7 Å². The number of nitriles is 1. The second-order valence-electron chi connectivity index (χ2n) is 8.13. The molecule has 2 N–H and O–H groups in total. The van der Waals surface area contributed by atoms with Gasteiger partial charge in [-0.3, -0.25) is 10.1 Å². The molecule has 2 bridgehead atoms. The highest BCUT2D eigenvalue weighted by Gasteiger charge is 2.53. The van der Waals surface area contributed by atoms with Crippen molar-refractivity contribution < 1.29 is 4.79 Å². The van der Waals surface area contributed by atoms with Crippen LogP contribution < -0.4 is 10.6 Å². The van der Waals surface area contributed by atoms with Gasteiger partial charge in [0.25, 0.3) is 5.91 Å². The average Bonchev–Trinajstić information content (AvgIpc) is 3.13. The number of carbonyl (C=O) groups excluding carboxylic acids is 1. The van der Waals surface area contributed by atoms with Crippen molar-refractivity contribution in [2.75, 3.05) is 17.2 Å². The van der Waals surface area contributed by atoms with Crippen molar-refractivity contribution in [3.05, 3.63) is 35.4 Å². The number of fused-ring (bicyclic) bond motifs is 2. The Balaban J connectivity index is 1.32. The summed E-state index contributed by atoms with van der Waals surface area (Å²) >= 11 is 1.35. The third-order valence-corrected chi connectivity index (χ3v) is 7.23. The summed E-state index contributed by atoms with van der Waals surface area (Å²) in [4.78, 5) is 12.3. The van der Waals surface area contributed by atoms with Crippen molar-refractivity contribution in [2.24, 2.45) is 23.2 Å². The summed E-state index contributed by atoms with van der Waals surface area (Å²) < 4.78 is 0. The first kappa shape index (κ1) is 17.9. The largest absolute Gasteiger partial charge is 0.360 e. The van der Waals surface area contributed by atoms with Gasteiger partial charge < -0.3 is 5.32 Å². The molecule has 2 unspecified atom stereocenters. The van der Waals surface area contributed by atoms with Crippen LogP contribution in [-0.4, -0.2) is 22.6 Å². The van der Waals surface area contributed by atoms with Gasteiger partial charge in [0.2, 0.25) is 10.3 Å². The van der Waals surface area contributed by atoms with E-state index in [1.807, 2.05) is 6.07 Å². The average molecular weight is 382 g/mol. The molecule has 3 fully saturated rings. The lowest BCUT2D eigenvalue weighted by Crippen LogP contribution is -2.53. The van der Waals surface area contributed by atoms with Crippen LogP contribution in [0.15, 0.2) is 24.3 Å². The van der Waals surface area contributed by atoms with Gasteiger partial charge >= 0.3 is 0 Å². The third kappa shape index (κ3) is 3.42. The Hall–Kier alpha value is -2.46. The molecule has 0 aliphatic heterocycles. The fraction of sp³-hybridized carbons (Fsp3) is 0.500. The van der Waals surface area contributed by atoms with Crippen LogP contribution in [0.1, 0.15) is 49.0 Å². The van der Waals surface area contributed by atoms with Crippen LogP contribution in [0.3, 0.4) is 0 Å². The van der Waals surface area contributed by atoms with Crippen LogP contribution in [0.5, 0.6) is 0 Å². The van der Waals surface area contributed by atoms with Crippen LogP contribution in [0.4, 0.5) is 10.3 Å². The Labute approximate surface area is 163 Å². The molecular weight excluding hydrogens is 358 g/mol. The molecule has 1 aromatic heterocycles. The number of benzene rings is 1. The lowest BCUT2D eigenvalue weighted by molar-refractivity contribution is -0.100. The summed E-state index contributed by atoms with van der Waals surface area (Å²) in [6.07, 6.45) is 3.98. The Kier molecular flexibility index (Phi) is 4.60. The number of anilines is 2. The van der Waals surface area contributed by atoms with E-state index in [-0.39, 0.29) is 5.91 Å². The van der Waals surface area contributed by atoms with E-state index >= 15 is 0 Å². The standard InChI is InChI=1S/C20H23N5OS/c1-20(2)15-8-7-14(16(20)9-15)11-22-18-24-25-19(27-18)23-17(26)13-5-3-12(10-21)4-6-13/h3-6,14-16H,7-9,11H2,1-2H3,(H,22,24)(H,23,25,26)/t14-,15?,16?/m0/s1. The van der Waals surface area contributed by atoms with E-state index in [9.17, 15) is 4.79 Å². The van der Waals surface area contributed by atoms with Crippen LogP contribution in [0.2, 0.25) is 0 Å². The topological polar surface area (TPSA) is 90.7 Å². The zero-order chi connectivity index (χ0) is 19.0. The minimum absolute atomic E-state index is 0.253. The molecule has 6 nitrogen and oxygen atoms in total. The second kappa shape index (κ2) is 6.93. The number of nitrogens with one attached hydrogen (secondary N) is 2. The number of rotatable bonds is 5. The maximum atomic E-state index is 12.3. The number of nitrogens with zero attached hydrogens (tertiary/aromatic N) is 3. The van der Waals surface area contributed by atoms with E-state index in [1.165, 1.54) is 30.6 Å². The maximum Gasteiger partial charge on any atom is 0.257 e. The Bertz CT molecular complexity index is 881. The summed E-state index contributed by atoms with van der Waals surface area (Å²) in [5.74, 6) is 2.14. The normalized spacial score (nSPS) is 25.1. The molecule has 0 spiro atoms. The Morgan fingerprint density at radius 2 is 2.00 bits per heavy atom. The highest BCUT2D eigenvalue weighted by Crippen LogP contribution is 2.61. The van der Waals surface area contributed by atoms with Gasteiger partial charge in [-0.25, -0.2) is 0 Å². The van der Waals surface area contributed by atoms with Crippen LogP contribution in [0.25, 0.3) is 0 Å². The zero-order valence-electron chi connectivity index (χ0n) is 15.5. The lowest BCUT2D eigenvalue weighted by atomic mass is 9.45. The molecule has 27 heavy (non-hydrogen) atoms. The first-order valence-electron chi connectivity index (χ1n) is 9.36. The van der Waals surface area contributed by atoms with Crippen molar-refractivity contribution in [1.29, 1.82) is 5.26 Å². The second-order valence-corrected chi connectivity index (χ2v) is 9.11. The van der Waals surface area contributed by atoms with Crippen LogP contribution in [0, 0.1) is 34.5 Å². The smallest absolute Gasteiger partial charge is 0.257 e. The van der Waals surface area contributed by atoms with Gasteiger partial charge in [-0.1, -0.05) is 25.2 Å². The van der Waals surface area contributed by atoms with Gasteiger partial charge in [0.15, 0.2) is 0 Å². The van der Waals surface area contributed by atoms with Crippen molar-refractivity contribution in [2.45, 2.75) is 33.1 Å². The molecule has 3 aliphatic rings. The Morgan fingerprint density at radius 1 is 1.26 bits per heavy atom. The van der Waals surface area contributed by atoms with E-state index in [4.69, 9.17) is 5.26 Å². The van der Waals surface area contributed by atoms with Gasteiger partial charge in [-0.2, -0.15) is 5.26 Å². The van der Waals surface area contributed by atoms with Gasteiger partial charge in [-0.15, -0.1) is 10.2 Å². The van der Waals surface area contributed by atoms with Crippen LogP contribution in [-0.2, 0) is 0 Å². The van der Waals surface area contributed by atoms with E-state index in [0.29, 0.717) is 27.6 Å². The molecule has 0 radical (unpaired) electrons. The quantitative estimate of drug-likeness (QED) is 0.812. The Morgan fingerprint density at radius 3 is 2.67 bits per heavy atom. The predicted molar refractivity (Wildman–Crippen MR) is 106 cm³/mol. The fourth-order valence-corrected chi connectivity index (χ4v) is 5.28. The molecule has 3 saturated carbocycles. The van der Waals surface area contributed by atoms with Gasteiger partial charge in [0.05, 0.1) is 11.6 Å². The highest BCUT2D eigenvalue weighted by molar-refractivity contribution is 7.19. The molecule has 7 heteroatoms. The summed E-state index contributed by atoms with van der Waals surface area (Å²) in [7, 11) is 0. The van der Waals surface area contributed by atoms with E-state index < -0.39 is 0 Å². The van der Waals surface area contributed by atoms with Gasteiger partial charge in [0, 0.05) is 12.1 Å². The molecule has 1 aromatic carbocycles. The van der Waals surface area contributed by atoms with Crippen LogP contribution >= 0.6 is 11.3 Å². The van der Waals surface area contributed by atoms with Crippen molar-refractivity contribution in [3.8, 4) is 6.07 Å². The molecule has 3 aliphatic carbocycles. The molecule has 0 saturated heterocycles. The summed E-state index contributed by atoms with van der Waals surface area (Å²) in [5, 5.41) is 24.4. The minimum Gasteiger partial charge on any atom is -0.360 e. The molecule has 1 heterocycles. The van der Waals surface area contributed by atoms with E-state index in [2.05, 4.69) is 34.7 Å². The highest BCUT2D eigenvalue weighted by atomic mass is 32.1. The molecule has 2 aromatic rings. The number of hydrogen-bond acceptors (Lipinski definition) is 6. The SMILES string of the molecule is CC1(C)C2CC[C@@H](CNc3nnc(NC(=O)c4ccc(C#N)cc4)s3)C1C2. The number of carbonyl (C=O) groups is 1. The van der Waals surface area contributed by atoms with Crippen molar-refractivity contribution in [1.82, 2.24) is 10.2 Å². The first-order valence-corrected chi connectivity index (χ1v) is 10.2. The third-order valence-electron chi connectivity index (χ3n) is 6.44. The number of hydrogen-bond donors (Lipinski definition) is 2.